The molecule has 2 aromatic carbocycles. The van der Waals surface area contributed by atoms with Gasteiger partial charge in [0, 0.05) is 17.7 Å². The van der Waals surface area contributed by atoms with Crippen LogP contribution in [0, 0.1) is 12.3 Å². The lowest BCUT2D eigenvalue weighted by molar-refractivity contribution is -0.137. The molecule has 0 unspecified atom stereocenters. The van der Waals surface area contributed by atoms with E-state index in [1.807, 2.05) is 0 Å². The zero-order valence-electron chi connectivity index (χ0n) is 14.1. The van der Waals surface area contributed by atoms with E-state index in [-0.39, 0.29) is 18.9 Å². The van der Waals surface area contributed by atoms with Gasteiger partial charge in [-0.3, -0.25) is 4.79 Å². The second kappa shape index (κ2) is 6.73. The number of halogens is 3. The summed E-state index contributed by atoms with van der Waals surface area (Å²) in [5.74, 6) is 3.00. The zero-order valence-corrected chi connectivity index (χ0v) is 14.9. The van der Waals surface area contributed by atoms with Gasteiger partial charge in [0.05, 0.1) is 22.3 Å². The van der Waals surface area contributed by atoms with Gasteiger partial charge in [-0.15, -0.1) is 6.42 Å². The molecule has 9 heteroatoms. The minimum Gasteiger partial charge on any atom is -0.454 e. The summed E-state index contributed by atoms with van der Waals surface area (Å²) < 4.78 is 51.2. The van der Waals surface area contributed by atoms with Gasteiger partial charge in [-0.05, 0) is 24.3 Å². The number of ether oxygens (including phenoxy) is 2. The van der Waals surface area contributed by atoms with E-state index in [1.165, 1.54) is 11.3 Å². The molecule has 1 amide bonds. The number of fused-ring (bicyclic) bond motifs is 2. The molecule has 0 N–H and O–H groups in total. The number of rotatable bonds is 2. The van der Waals surface area contributed by atoms with Crippen LogP contribution in [0.4, 0.5) is 13.2 Å². The van der Waals surface area contributed by atoms with Crippen LogP contribution in [0.15, 0.2) is 41.4 Å². The topological polar surface area (TPSA) is 52.8 Å². The van der Waals surface area contributed by atoms with Crippen LogP contribution in [-0.4, -0.2) is 17.3 Å². The van der Waals surface area contributed by atoms with Gasteiger partial charge in [0.1, 0.15) is 0 Å². The number of benzene rings is 2. The predicted octanol–water partition coefficient (Wildman–Crippen LogP) is 3.82. The van der Waals surface area contributed by atoms with E-state index in [0.29, 0.717) is 16.3 Å². The summed E-state index contributed by atoms with van der Waals surface area (Å²) in [6, 6.07) is 7.43. The van der Waals surface area contributed by atoms with E-state index >= 15 is 0 Å². The first-order chi connectivity index (χ1) is 13.4. The smallest absolute Gasteiger partial charge is 0.416 e. The van der Waals surface area contributed by atoms with Crippen molar-refractivity contribution < 1.29 is 27.4 Å². The highest BCUT2D eigenvalue weighted by molar-refractivity contribution is 7.16. The molecule has 1 aliphatic heterocycles. The highest BCUT2D eigenvalue weighted by atomic mass is 32.1. The van der Waals surface area contributed by atoms with Crippen molar-refractivity contribution in [3.05, 3.63) is 52.3 Å². The molecule has 0 atom stereocenters. The van der Waals surface area contributed by atoms with Gasteiger partial charge in [0.25, 0.3) is 5.91 Å². The molecule has 142 valence electrons. The lowest BCUT2D eigenvalue weighted by Crippen LogP contribution is -2.16. The Kier molecular flexibility index (Phi) is 4.35. The number of nitrogens with zero attached hydrogens (tertiary/aromatic N) is 2. The SMILES string of the molecule is C#CCn1c(=NC(=O)c2ccc(C(F)(F)F)cc2)sc2cc3c(cc21)OCO3. The molecule has 4 rings (SSSR count). The van der Waals surface area contributed by atoms with Crippen LogP contribution in [0.5, 0.6) is 11.5 Å². The first-order valence-corrected chi connectivity index (χ1v) is 8.81. The number of hydrogen-bond donors (Lipinski definition) is 0. The Bertz CT molecular complexity index is 1180. The molecule has 0 saturated heterocycles. The van der Waals surface area contributed by atoms with Crippen molar-refractivity contribution >= 4 is 27.5 Å². The minimum absolute atomic E-state index is 0.0480. The van der Waals surface area contributed by atoms with Gasteiger partial charge in [0.15, 0.2) is 16.3 Å². The van der Waals surface area contributed by atoms with Gasteiger partial charge in [-0.25, -0.2) is 0 Å². The molecule has 0 bridgehead atoms. The van der Waals surface area contributed by atoms with E-state index < -0.39 is 17.6 Å². The molecule has 1 aromatic heterocycles. The lowest BCUT2D eigenvalue weighted by atomic mass is 10.1. The summed E-state index contributed by atoms with van der Waals surface area (Å²) >= 11 is 1.22. The van der Waals surface area contributed by atoms with Crippen LogP contribution in [0.3, 0.4) is 0 Å². The molecule has 0 aliphatic carbocycles. The van der Waals surface area contributed by atoms with Gasteiger partial charge < -0.3 is 14.0 Å². The minimum atomic E-state index is -4.47. The fraction of sp³-hybridized carbons (Fsp3) is 0.158. The third-order valence-electron chi connectivity index (χ3n) is 4.08. The van der Waals surface area contributed by atoms with Crippen LogP contribution in [-0.2, 0) is 12.7 Å². The monoisotopic (exact) mass is 404 g/mol. The number of carbonyl (C=O) groups excluding carboxylic acids is 1. The van der Waals surface area contributed by atoms with Crippen LogP contribution >= 0.6 is 11.3 Å². The van der Waals surface area contributed by atoms with Gasteiger partial charge in [-0.2, -0.15) is 18.2 Å². The third kappa shape index (κ3) is 3.23. The fourth-order valence-corrected chi connectivity index (χ4v) is 3.78. The van der Waals surface area contributed by atoms with Crippen molar-refractivity contribution in [3.63, 3.8) is 0 Å². The molecule has 3 aromatic rings. The lowest BCUT2D eigenvalue weighted by Gasteiger charge is -2.06. The normalized spacial score (nSPS) is 13.7. The van der Waals surface area contributed by atoms with Gasteiger partial charge >= 0.3 is 6.18 Å². The van der Waals surface area contributed by atoms with Crippen LogP contribution in [0.1, 0.15) is 15.9 Å². The number of amides is 1. The molecule has 2 heterocycles. The van der Waals surface area contributed by atoms with E-state index in [4.69, 9.17) is 15.9 Å². The number of thiazole rings is 1. The molecule has 0 spiro atoms. The van der Waals surface area contributed by atoms with Crippen molar-refractivity contribution in [1.29, 1.82) is 0 Å². The van der Waals surface area contributed by atoms with Crippen molar-refractivity contribution in [2.45, 2.75) is 12.7 Å². The molecule has 0 fully saturated rings. The molecule has 28 heavy (non-hydrogen) atoms. The Balaban J connectivity index is 1.77. The summed E-state index contributed by atoms with van der Waals surface area (Å²) in [5.41, 5.74) is -0.0548. The standard InChI is InChI=1S/C19H11F3N2O3S/c1-2-7-24-13-8-14-15(27-10-26-14)9-16(13)28-18(24)23-17(25)11-3-5-12(6-4-11)19(20,21)22/h1,3-6,8-9H,7,10H2. The summed E-state index contributed by atoms with van der Waals surface area (Å²) in [6.07, 6.45) is 0.969. The van der Waals surface area contributed by atoms with Crippen LogP contribution in [0.2, 0.25) is 0 Å². The van der Waals surface area contributed by atoms with Gasteiger partial charge in [0.2, 0.25) is 6.79 Å². The Hall–Kier alpha value is -3.25. The van der Waals surface area contributed by atoms with Crippen LogP contribution < -0.4 is 14.3 Å². The van der Waals surface area contributed by atoms with Crippen molar-refractivity contribution in [1.82, 2.24) is 4.57 Å². The maximum Gasteiger partial charge on any atom is 0.416 e. The Labute approximate surface area is 160 Å². The van der Waals surface area contributed by atoms with Crippen molar-refractivity contribution in [2.75, 3.05) is 6.79 Å². The molecule has 1 aliphatic rings. The summed E-state index contributed by atoms with van der Waals surface area (Å²) in [7, 11) is 0. The molecular formula is C19H11F3N2O3S. The average molecular weight is 404 g/mol. The highest BCUT2D eigenvalue weighted by Gasteiger charge is 2.30. The van der Waals surface area contributed by atoms with E-state index in [0.717, 1.165) is 34.5 Å². The predicted molar refractivity (Wildman–Crippen MR) is 96.1 cm³/mol. The zero-order chi connectivity index (χ0) is 19.9. The number of terminal acetylenes is 1. The number of aromatic nitrogens is 1. The first-order valence-electron chi connectivity index (χ1n) is 7.99. The summed E-state index contributed by atoms with van der Waals surface area (Å²) in [4.78, 5) is 16.9. The maximum absolute atomic E-state index is 12.7. The Morgan fingerprint density at radius 2 is 1.89 bits per heavy atom. The first kappa shape index (κ1) is 18.1. The average Bonchev–Trinajstić information content (AvgIpc) is 3.24. The van der Waals surface area contributed by atoms with E-state index in [1.54, 1.807) is 16.7 Å². The fourth-order valence-electron chi connectivity index (χ4n) is 2.74. The number of alkyl halides is 3. The molecule has 0 saturated carbocycles. The second-order valence-corrected chi connectivity index (χ2v) is 6.85. The largest absolute Gasteiger partial charge is 0.454 e. The second-order valence-electron chi connectivity index (χ2n) is 5.84. The number of carbonyl (C=O) groups is 1. The number of hydrogen-bond acceptors (Lipinski definition) is 4. The van der Waals surface area contributed by atoms with E-state index in [9.17, 15) is 18.0 Å². The maximum atomic E-state index is 12.7. The van der Waals surface area contributed by atoms with E-state index in [2.05, 4.69) is 10.9 Å². The Morgan fingerprint density at radius 3 is 2.54 bits per heavy atom. The summed E-state index contributed by atoms with van der Waals surface area (Å²) in [6.45, 7) is 0.296. The molecule has 5 nitrogen and oxygen atoms in total. The highest BCUT2D eigenvalue weighted by Crippen LogP contribution is 2.37. The van der Waals surface area contributed by atoms with Crippen molar-refractivity contribution in [2.24, 2.45) is 4.99 Å². The van der Waals surface area contributed by atoms with Crippen molar-refractivity contribution in [3.8, 4) is 23.8 Å². The molecule has 0 radical (unpaired) electrons. The summed E-state index contributed by atoms with van der Waals surface area (Å²) in [5, 5.41) is 0. The molecular weight excluding hydrogens is 393 g/mol. The van der Waals surface area contributed by atoms with Crippen LogP contribution in [0.25, 0.3) is 10.2 Å². The third-order valence-corrected chi connectivity index (χ3v) is 5.12. The quantitative estimate of drug-likeness (QED) is 0.610. The van der Waals surface area contributed by atoms with Gasteiger partial charge in [-0.1, -0.05) is 17.3 Å². The Morgan fingerprint density at radius 1 is 1.21 bits per heavy atom.